The van der Waals surface area contributed by atoms with Crippen LogP contribution in [-0.2, 0) is 9.59 Å². The fourth-order valence-corrected chi connectivity index (χ4v) is 4.82. The third-order valence-corrected chi connectivity index (χ3v) is 6.83. The fraction of sp³-hybridized carbons (Fsp3) is 0.448. The first-order valence-corrected chi connectivity index (χ1v) is 12.8. The number of ketones is 1. The summed E-state index contributed by atoms with van der Waals surface area (Å²) in [6.45, 7) is 12.9. The molecule has 192 valence electrons. The first-order chi connectivity index (χ1) is 17.3. The molecule has 2 aliphatic heterocycles. The molecule has 0 aliphatic carbocycles. The van der Waals surface area contributed by atoms with Gasteiger partial charge in [0.15, 0.2) is 0 Å². The van der Waals surface area contributed by atoms with Gasteiger partial charge in [-0.15, -0.1) is 0 Å². The number of aliphatic hydroxyl groups excluding tert-OH is 1. The van der Waals surface area contributed by atoms with Crippen LogP contribution in [0.25, 0.3) is 5.76 Å². The first-order valence-electron chi connectivity index (χ1n) is 12.8. The number of aliphatic hydroxyl groups is 1. The summed E-state index contributed by atoms with van der Waals surface area (Å²) in [6, 6.07) is 14.3. The highest BCUT2D eigenvalue weighted by Gasteiger charge is 2.46. The van der Waals surface area contributed by atoms with Crippen LogP contribution in [0.3, 0.4) is 0 Å². The van der Waals surface area contributed by atoms with Crippen LogP contribution in [0, 0.1) is 0 Å². The van der Waals surface area contributed by atoms with Crippen molar-refractivity contribution >= 4 is 17.4 Å². The molecule has 0 spiro atoms. The zero-order valence-corrected chi connectivity index (χ0v) is 21.7. The van der Waals surface area contributed by atoms with Crippen molar-refractivity contribution in [3.8, 4) is 5.75 Å². The molecule has 4 rings (SSSR count). The minimum Gasteiger partial charge on any atom is -0.507 e. The van der Waals surface area contributed by atoms with Gasteiger partial charge in [0.05, 0.1) is 17.7 Å². The molecular formula is C29H37N3O4. The molecule has 2 aromatic carbocycles. The van der Waals surface area contributed by atoms with Gasteiger partial charge in [-0.3, -0.25) is 14.5 Å². The molecule has 2 heterocycles. The molecule has 0 radical (unpaired) electrons. The number of nitrogens with one attached hydrogen (secondary N) is 1. The molecule has 0 saturated carbocycles. The van der Waals surface area contributed by atoms with Crippen LogP contribution in [0.2, 0.25) is 0 Å². The topological polar surface area (TPSA) is 82.1 Å². The minimum atomic E-state index is -0.645. The van der Waals surface area contributed by atoms with Crippen LogP contribution in [0.4, 0.5) is 0 Å². The number of nitrogens with zero attached hydrogens (tertiary/aromatic N) is 2. The Morgan fingerprint density at radius 1 is 0.972 bits per heavy atom. The molecule has 36 heavy (non-hydrogen) atoms. The smallest absolute Gasteiger partial charge is 0.295 e. The van der Waals surface area contributed by atoms with Crippen LogP contribution in [0.15, 0.2) is 54.1 Å². The van der Waals surface area contributed by atoms with E-state index in [2.05, 4.69) is 24.1 Å². The van der Waals surface area contributed by atoms with Crippen LogP contribution in [-0.4, -0.2) is 72.0 Å². The van der Waals surface area contributed by atoms with Gasteiger partial charge in [0, 0.05) is 44.8 Å². The molecule has 1 amide bonds. The normalized spacial score (nSPS) is 20.5. The van der Waals surface area contributed by atoms with E-state index < -0.39 is 17.7 Å². The molecule has 2 aliphatic rings. The highest BCUT2D eigenvalue weighted by Crippen LogP contribution is 2.39. The molecule has 0 aromatic heterocycles. The third kappa shape index (κ3) is 5.63. The summed E-state index contributed by atoms with van der Waals surface area (Å²) in [5, 5.41) is 14.6. The number of rotatable bonds is 8. The van der Waals surface area contributed by atoms with E-state index >= 15 is 0 Å². The molecule has 2 N–H and O–H groups in total. The predicted molar refractivity (Wildman–Crippen MR) is 141 cm³/mol. The number of ether oxygens (including phenoxy) is 1. The second-order valence-electron chi connectivity index (χ2n) is 10.1. The number of piperazine rings is 1. The maximum Gasteiger partial charge on any atom is 0.295 e. The van der Waals surface area contributed by atoms with Crippen LogP contribution in [0.1, 0.15) is 56.3 Å². The third-order valence-electron chi connectivity index (χ3n) is 6.83. The van der Waals surface area contributed by atoms with E-state index in [9.17, 15) is 14.7 Å². The summed E-state index contributed by atoms with van der Waals surface area (Å²) < 4.78 is 5.70. The van der Waals surface area contributed by atoms with Crippen molar-refractivity contribution in [1.82, 2.24) is 15.1 Å². The zero-order chi connectivity index (χ0) is 25.8. The van der Waals surface area contributed by atoms with Crippen molar-refractivity contribution in [3.05, 3.63) is 70.8 Å². The van der Waals surface area contributed by atoms with Crippen molar-refractivity contribution in [1.29, 1.82) is 0 Å². The van der Waals surface area contributed by atoms with Gasteiger partial charge in [0.1, 0.15) is 11.5 Å². The SMILES string of the molecule is CC(C)Oc1ccc(/C(O)=C2\C(=O)C(=O)N(CCN3CCNCC3)[C@@H]2c2ccc(C(C)C)cc2)cc1. The van der Waals surface area contributed by atoms with Crippen molar-refractivity contribution in [3.63, 3.8) is 0 Å². The van der Waals surface area contributed by atoms with E-state index in [1.165, 1.54) is 5.56 Å². The number of carbonyl (C=O) groups excluding carboxylic acids is 2. The van der Waals surface area contributed by atoms with Gasteiger partial charge in [0.25, 0.3) is 11.7 Å². The summed E-state index contributed by atoms with van der Waals surface area (Å²) in [4.78, 5) is 30.4. The first kappa shape index (κ1) is 25.9. The maximum atomic E-state index is 13.3. The predicted octanol–water partition coefficient (Wildman–Crippen LogP) is 3.92. The summed E-state index contributed by atoms with van der Waals surface area (Å²) in [5.74, 6) is -0.326. The Morgan fingerprint density at radius 3 is 2.19 bits per heavy atom. The lowest BCUT2D eigenvalue weighted by atomic mass is 9.93. The van der Waals surface area contributed by atoms with Gasteiger partial charge in [-0.1, -0.05) is 38.1 Å². The summed E-state index contributed by atoms with van der Waals surface area (Å²) in [5.41, 5.74) is 2.61. The molecule has 7 nitrogen and oxygen atoms in total. The van der Waals surface area contributed by atoms with E-state index in [1.807, 2.05) is 38.1 Å². The van der Waals surface area contributed by atoms with Gasteiger partial charge in [-0.05, 0) is 55.2 Å². The minimum absolute atomic E-state index is 0.0271. The molecule has 2 aromatic rings. The number of likely N-dealkylation sites (tertiary alicyclic amines) is 1. The quantitative estimate of drug-likeness (QED) is 0.331. The Labute approximate surface area is 213 Å². The second-order valence-corrected chi connectivity index (χ2v) is 10.1. The molecular weight excluding hydrogens is 454 g/mol. The lowest BCUT2D eigenvalue weighted by Gasteiger charge is -2.31. The number of Topliss-reactive ketones (excluding diaryl/α,β-unsaturated/α-hetero) is 1. The number of hydrogen-bond donors (Lipinski definition) is 2. The molecule has 2 fully saturated rings. The van der Waals surface area contributed by atoms with Gasteiger partial charge in [-0.2, -0.15) is 0 Å². The highest BCUT2D eigenvalue weighted by atomic mass is 16.5. The zero-order valence-electron chi connectivity index (χ0n) is 21.7. The molecule has 0 unspecified atom stereocenters. The van der Waals surface area contributed by atoms with E-state index in [0.717, 1.165) is 31.7 Å². The highest BCUT2D eigenvalue weighted by molar-refractivity contribution is 6.46. The van der Waals surface area contributed by atoms with E-state index in [-0.39, 0.29) is 17.4 Å². The van der Waals surface area contributed by atoms with Crippen molar-refractivity contribution in [2.75, 3.05) is 39.3 Å². The van der Waals surface area contributed by atoms with Gasteiger partial charge in [-0.25, -0.2) is 0 Å². The van der Waals surface area contributed by atoms with Gasteiger partial charge < -0.3 is 20.1 Å². The molecule has 2 saturated heterocycles. The van der Waals surface area contributed by atoms with Crippen molar-refractivity contribution in [2.45, 2.75) is 45.8 Å². The second kappa shape index (κ2) is 11.3. The largest absolute Gasteiger partial charge is 0.507 e. The number of amides is 1. The summed E-state index contributed by atoms with van der Waals surface area (Å²) in [7, 11) is 0. The van der Waals surface area contributed by atoms with E-state index in [4.69, 9.17) is 4.74 Å². The monoisotopic (exact) mass is 491 g/mol. The Kier molecular flexibility index (Phi) is 8.11. The Morgan fingerprint density at radius 2 is 1.61 bits per heavy atom. The van der Waals surface area contributed by atoms with E-state index in [0.29, 0.717) is 30.3 Å². The Balaban J connectivity index is 1.70. The molecule has 0 bridgehead atoms. The van der Waals surface area contributed by atoms with Crippen LogP contribution in [0.5, 0.6) is 5.75 Å². The van der Waals surface area contributed by atoms with Crippen molar-refractivity contribution in [2.24, 2.45) is 0 Å². The lowest BCUT2D eigenvalue weighted by Crippen LogP contribution is -2.46. The van der Waals surface area contributed by atoms with Crippen molar-refractivity contribution < 1.29 is 19.4 Å². The van der Waals surface area contributed by atoms with Gasteiger partial charge >= 0.3 is 0 Å². The lowest BCUT2D eigenvalue weighted by molar-refractivity contribution is -0.140. The molecule has 7 heteroatoms. The number of carbonyl (C=O) groups is 2. The average molecular weight is 492 g/mol. The standard InChI is InChI=1S/C29H37N3O4/c1-19(2)21-5-7-22(8-6-21)26-25(27(33)23-9-11-24(12-10-23)36-20(3)4)28(34)29(35)32(26)18-17-31-15-13-30-14-16-31/h5-12,19-20,26,30,33H,13-18H2,1-4H3/b27-25+/t26-/m1/s1. The maximum absolute atomic E-state index is 13.3. The molecule has 1 atom stereocenters. The Hall–Kier alpha value is -3.16. The van der Waals surface area contributed by atoms with Gasteiger partial charge in [0.2, 0.25) is 0 Å². The number of benzene rings is 2. The average Bonchev–Trinajstić information content (AvgIpc) is 3.12. The van der Waals surface area contributed by atoms with Crippen LogP contribution >= 0.6 is 0 Å². The van der Waals surface area contributed by atoms with E-state index in [1.54, 1.807) is 29.2 Å². The summed E-state index contributed by atoms with van der Waals surface area (Å²) in [6.07, 6.45) is 0.0271. The Bertz CT molecular complexity index is 1100. The van der Waals surface area contributed by atoms with Crippen LogP contribution < -0.4 is 10.1 Å². The summed E-state index contributed by atoms with van der Waals surface area (Å²) >= 11 is 0. The number of hydrogen-bond acceptors (Lipinski definition) is 6. The fourth-order valence-electron chi connectivity index (χ4n) is 4.82.